The fraction of sp³-hybridized carbons (Fsp3) is 0.276. The first-order chi connectivity index (χ1) is 16.5. The Balaban J connectivity index is 1.64. The Morgan fingerprint density at radius 1 is 1.00 bits per heavy atom. The zero-order chi connectivity index (χ0) is 25.3. The number of nitrogens with zero attached hydrogens (tertiary/aromatic N) is 2. The van der Waals surface area contributed by atoms with Crippen LogP contribution in [0.5, 0.6) is 0 Å². The van der Waals surface area contributed by atoms with E-state index in [9.17, 15) is 14.7 Å². The maximum Gasteiger partial charge on any atom is 0.339 e. The molecule has 6 nitrogen and oxygen atoms in total. The molecule has 0 amide bonds. The number of benzene rings is 3. The van der Waals surface area contributed by atoms with Crippen molar-refractivity contribution in [2.24, 2.45) is 0 Å². The third kappa shape index (κ3) is 5.27. The summed E-state index contributed by atoms with van der Waals surface area (Å²) in [7, 11) is 0. The van der Waals surface area contributed by atoms with Gasteiger partial charge in [0.25, 0.3) is 0 Å². The molecule has 4 rings (SSSR count). The van der Waals surface area contributed by atoms with Crippen LogP contribution in [0.3, 0.4) is 0 Å². The van der Waals surface area contributed by atoms with Crippen LogP contribution >= 0.6 is 0 Å². The van der Waals surface area contributed by atoms with Gasteiger partial charge in [0.2, 0.25) is 0 Å². The lowest BCUT2D eigenvalue weighted by molar-refractivity contribution is 0.00702. The standard InChI is InChI=1S/C29H30N2O4/c1-18(2)26-24-16-21(27(32)33)14-15-25(24)31(30-26)17-19-10-12-20(13-11-19)22-8-6-7-9-23(22)28(34)35-29(3,4)5/h6-16,18H,17H2,1-5H3,(H,32,33). The van der Waals surface area contributed by atoms with E-state index in [-0.39, 0.29) is 17.5 Å². The Bertz CT molecular complexity index is 1390. The average Bonchev–Trinajstić information content (AvgIpc) is 3.16. The van der Waals surface area contributed by atoms with Crippen LogP contribution in [0.2, 0.25) is 0 Å². The molecule has 0 unspecified atom stereocenters. The minimum absolute atomic E-state index is 0.162. The van der Waals surface area contributed by atoms with Crippen molar-refractivity contribution in [3.63, 3.8) is 0 Å². The number of fused-ring (bicyclic) bond motifs is 1. The van der Waals surface area contributed by atoms with Crippen molar-refractivity contribution in [2.45, 2.75) is 52.7 Å². The lowest BCUT2D eigenvalue weighted by Gasteiger charge is -2.20. The molecule has 4 aromatic rings. The third-order valence-corrected chi connectivity index (χ3v) is 5.72. The summed E-state index contributed by atoms with van der Waals surface area (Å²) < 4.78 is 7.50. The number of carbonyl (C=O) groups excluding carboxylic acids is 1. The van der Waals surface area contributed by atoms with Gasteiger partial charge in [-0.25, -0.2) is 9.59 Å². The van der Waals surface area contributed by atoms with Gasteiger partial charge in [-0.3, -0.25) is 4.68 Å². The highest BCUT2D eigenvalue weighted by molar-refractivity contribution is 5.97. The monoisotopic (exact) mass is 470 g/mol. The van der Waals surface area contributed by atoms with Crippen molar-refractivity contribution in [3.8, 4) is 11.1 Å². The molecule has 180 valence electrons. The number of carboxylic acid groups (broad SMARTS) is 1. The molecule has 1 N–H and O–H groups in total. The van der Waals surface area contributed by atoms with Crippen LogP contribution in [0, 0.1) is 0 Å². The number of hydrogen-bond acceptors (Lipinski definition) is 4. The first kappa shape index (κ1) is 24.2. The van der Waals surface area contributed by atoms with Crippen LogP contribution < -0.4 is 0 Å². The normalized spacial score (nSPS) is 11.7. The van der Waals surface area contributed by atoms with E-state index < -0.39 is 11.6 Å². The largest absolute Gasteiger partial charge is 0.478 e. The van der Waals surface area contributed by atoms with Gasteiger partial charge in [0.1, 0.15) is 5.60 Å². The minimum Gasteiger partial charge on any atom is -0.478 e. The summed E-state index contributed by atoms with van der Waals surface area (Å²) in [6, 6.07) is 20.6. The number of rotatable bonds is 6. The second-order valence-corrected chi connectivity index (χ2v) is 9.98. The number of esters is 1. The summed E-state index contributed by atoms with van der Waals surface area (Å²) in [4.78, 5) is 24.2. The van der Waals surface area contributed by atoms with Crippen LogP contribution in [-0.2, 0) is 11.3 Å². The fourth-order valence-electron chi connectivity index (χ4n) is 4.09. The molecule has 0 aliphatic carbocycles. The molecule has 1 aromatic heterocycles. The Morgan fingerprint density at radius 2 is 1.69 bits per heavy atom. The van der Waals surface area contributed by atoms with E-state index in [0.717, 1.165) is 33.3 Å². The zero-order valence-corrected chi connectivity index (χ0v) is 20.7. The number of aromatic carboxylic acids is 1. The van der Waals surface area contributed by atoms with Gasteiger partial charge in [0, 0.05) is 5.39 Å². The second-order valence-electron chi connectivity index (χ2n) is 9.98. The van der Waals surface area contributed by atoms with Gasteiger partial charge in [-0.15, -0.1) is 0 Å². The molecule has 0 fully saturated rings. The number of carboxylic acids is 1. The smallest absolute Gasteiger partial charge is 0.339 e. The third-order valence-electron chi connectivity index (χ3n) is 5.72. The van der Waals surface area contributed by atoms with Crippen molar-refractivity contribution >= 4 is 22.8 Å². The topological polar surface area (TPSA) is 81.4 Å². The maximum atomic E-state index is 12.7. The van der Waals surface area contributed by atoms with Crippen molar-refractivity contribution in [2.75, 3.05) is 0 Å². The van der Waals surface area contributed by atoms with Gasteiger partial charge in [0.05, 0.1) is 28.9 Å². The van der Waals surface area contributed by atoms with Gasteiger partial charge >= 0.3 is 11.9 Å². The summed E-state index contributed by atoms with van der Waals surface area (Å²) in [5.74, 6) is -1.13. The van der Waals surface area contributed by atoms with E-state index in [1.54, 1.807) is 18.2 Å². The first-order valence-electron chi connectivity index (χ1n) is 11.7. The number of ether oxygens (including phenoxy) is 1. The molecule has 35 heavy (non-hydrogen) atoms. The molecule has 0 aliphatic rings. The highest BCUT2D eigenvalue weighted by Crippen LogP contribution is 2.29. The summed E-state index contributed by atoms with van der Waals surface area (Å²) in [6.45, 7) is 10.2. The molecular formula is C29H30N2O4. The minimum atomic E-state index is -0.948. The summed E-state index contributed by atoms with van der Waals surface area (Å²) in [5, 5.41) is 15.1. The van der Waals surface area contributed by atoms with E-state index in [4.69, 9.17) is 9.84 Å². The molecule has 0 bridgehead atoms. The van der Waals surface area contributed by atoms with Crippen molar-refractivity contribution in [1.29, 1.82) is 0 Å². The number of carbonyl (C=O) groups is 2. The van der Waals surface area contributed by atoms with Crippen LogP contribution in [0.15, 0.2) is 66.7 Å². The summed E-state index contributed by atoms with van der Waals surface area (Å²) in [5.41, 5.74) is 4.79. The number of aromatic nitrogens is 2. The lowest BCUT2D eigenvalue weighted by Crippen LogP contribution is -2.24. The Kier molecular flexibility index (Phi) is 6.48. The van der Waals surface area contributed by atoms with E-state index >= 15 is 0 Å². The van der Waals surface area contributed by atoms with E-state index in [0.29, 0.717) is 12.1 Å². The maximum absolute atomic E-state index is 12.7. The molecular weight excluding hydrogens is 440 g/mol. The molecule has 0 atom stereocenters. The quantitative estimate of drug-likeness (QED) is 0.324. The van der Waals surface area contributed by atoms with Crippen LogP contribution in [0.1, 0.15) is 72.5 Å². The molecule has 0 saturated heterocycles. The molecule has 3 aromatic carbocycles. The molecule has 1 heterocycles. The molecule has 0 aliphatic heterocycles. The predicted octanol–water partition coefficient (Wildman–Crippen LogP) is 6.53. The predicted molar refractivity (Wildman–Crippen MR) is 137 cm³/mol. The van der Waals surface area contributed by atoms with Crippen molar-refractivity contribution in [3.05, 3.63) is 89.1 Å². The van der Waals surface area contributed by atoms with E-state index in [1.165, 1.54) is 0 Å². The second kappa shape index (κ2) is 9.37. The van der Waals surface area contributed by atoms with E-state index in [1.807, 2.05) is 74.0 Å². The number of hydrogen-bond donors (Lipinski definition) is 1. The molecule has 0 saturated carbocycles. The summed E-state index contributed by atoms with van der Waals surface area (Å²) >= 11 is 0. The van der Waals surface area contributed by atoms with Gasteiger partial charge < -0.3 is 9.84 Å². The van der Waals surface area contributed by atoms with Crippen molar-refractivity contribution < 1.29 is 19.4 Å². The lowest BCUT2D eigenvalue weighted by atomic mass is 9.98. The van der Waals surface area contributed by atoms with Crippen LogP contribution in [0.4, 0.5) is 0 Å². The first-order valence-corrected chi connectivity index (χ1v) is 11.7. The highest BCUT2D eigenvalue weighted by atomic mass is 16.6. The molecule has 0 radical (unpaired) electrons. The SMILES string of the molecule is CC(C)c1nn(Cc2ccc(-c3ccccc3C(=O)OC(C)(C)C)cc2)c2ccc(C(=O)O)cc12. The Labute approximate surface area is 205 Å². The molecule has 0 spiro atoms. The fourth-order valence-corrected chi connectivity index (χ4v) is 4.09. The van der Waals surface area contributed by atoms with E-state index in [2.05, 4.69) is 13.8 Å². The van der Waals surface area contributed by atoms with Crippen molar-refractivity contribution in [1.82, 2.24) is 9.78 Å². The van der Waals surface area contributed by atoms with Gasteiger partial charge in [-0.05, 0) is 67.6 Å². The van der Waals surface area contributed by atoms with Crippen LogP contribution in [-0.4, -0.2) is 32.4 Å². The molecule has 6 heteroatoms. The Morgan fingerprint density at radius 3 is 2.31 bits per heavy atom. The van der Waals surface area contributed by atoms with Crippen LogP contribution in [0.25, 0.3) is 22.0 Å². The van der Waals surface area contributed by atoms with Gasteiger partial charge in [-0.2, -0.15) is 5.10 Å². The average molecular weight is 471 g/mol. The zero-order valence-electron chi connectivity index (χ0n) is 20.7. The van der Waals surface area contributed by atoms with Gasteiger partial charge in [-0.1, -0.05) is 56.3 Å². The highest BCUT2D eigenvalue weighted by Gasteiger charge is 2.21. The summed E-state index contributed by atoms with van der Waals surface area (Å²) in [6.07, 6.45) is 0. The van der Waals surface area contributed by atoms with Gasteiger partial charge in [0.15, 0.2) is 0 Å². The Hall–Kier alpha value is -3.93.